The van der Waals surface area contributed by atoms with Gasteiger partial charge in [-0.15, -0.1) is 11.3 Å². The fourth-order valence-electron chi connectivity index (χ4n) is 5.53. The minimum absolute atomic E-state index is 0.425. The standard InChI is InChI=1S/C17H26N2OS/c1-18-9-15-14(10-20-2)19-16(21-15)17-6-11-3-12(7-17)5-13(4-11)8-17/h11-13,18H,3-10H2,1-2H3. The summed E-state index contributed by atoms with van der Waals surface area (Å²) < 4.78 is 5.36. The molecule has 116 valence electrons. The molecule has 3 nitrogen and oxygen atoms in total. The molecule has 4 fully saturated rings. The number of ether oxygens (including phenoxy) is 1. The number of rotatable bonds is 5. The molecule has 4 aliphatic rings. The van der Waals surface area contributed by atoms with Crippen LogP contribution in [-0.2, 0) is 23.3 Å². The second-order valence-electron chi connectivity index (χ2n) is 7.55. The Balaban J connectivity index is 1.67. The van der Waals surface area contributed by atoms with Gasteiger partial charge in [0, 0.05) is 23.9 Å². The molecule has 0 spiro atoms. The molecular weight excluding hydrogens is 280 g/mol. The van der Waals surface area contributed by atoms with Crippen LogP contribution in [0.3, 0.4) is 0 Å². The van der Waals surface area contributed by atoms with Crippen molar-refractivity contribution in [3.05, 3.63) is 15.6 Å². The average Bonchev–Trinajstić information content (AvgIpc) is 2.82. The second kappa shape index (κ2) is 5.32. The number of thiazole rings is 1. The Kier molecular flexibility index (Phi) is 3.59. The first-order valence-corrected chi connectivity index (χ1v) is 9.16. The van der Waals surface area contributed by atoms with Crippen molar-refractivity contribution in [2.75, 3.05) is 14.2 Å². The number of hydrogen-bond donors (Lipinski definition) is 1. The normalized spacial score (nSPS) is 37.3. The van der Waals surface area contributed by atoms with Crippen molar-refractivity contribution in [1.82, 2.24) is 10.3 Å². The van der Waals surface area contributed by atoms with E-state index >= 15 is 0 Å². The van der Waals surface area contributed by atoms with Crippen LogP contribution >= 0.6 is 11.3 Å². The second-order valence-corrected chi connectivity index (χ2v) is 8.63. The van der Waals surface area contributed by atoms with Crippen LogP contribution in [0.5, 0.6) is 0 Å². The zero-order valence-electron chi connectivity index (χ0n) is 13.2. The zero-order valence-corrected chi connectivity index (χ0v) is 14.0. The number of nitrogens with zero attached hydrogens (tertiary/aromatic N) is 1. The van der Waals surface area contributed by atoms with Gasteiger partial charge in [-0.05, 0) is 63.3 Å². The van der Waals surface area contributed by atoms with Gasteiger partial charge in [-0.3, -0.25) is 0 Å². The largest absolute Gasteiger partial charge is 0.378 e. The van der Waals surface area contributed by atoms with Gasteiger partial charge in [0.25, 0.3) is 0 Å². The molecule has 1 aromatic heterocycles. The molecule has 4 heteroatoms. The molecule has 0 aliphatic heterocycles. The van der Waals surface area contributed by atoms with Crippen LogP contribution in [0.4, 0.5) is 0 Å². The van der Waals surface area contributed by atoms with Gasteiger partial charge in [-0.1, -0.05) is 0 Å². The first kappa shape index (κ1) is 14.2. The topological polar surface area (TPSA) is 34.2 Å². The molecule has 0 saturated heterocycles. The van der Waals surface area contributed by atoms with Crippen molar-refractivity contribution in [1.29, 1.82) is 0 Å². The van der Waals surface area contributed by atoms with E-state index in [4.69, 9.17) is 9.72 Å². The lowest BCUT2D eigenvalue weighted by molar-refractivity contribution is -0.00542. The third kappa shape index (κ3) is 2.36. The molecule has 21 heavy (non-hydrogen) atoms. The number of methoxy groups -OCH3 is 1. The number of aromatic nitrogens is 1. The van der Waals surface area contributed by atoms with Crippen LogP contribution in [0.1, 0.15) is 54.1 Å². The Labute approximate surface area is 131 Å². The van der Waals surface area contributed by atoms with E-state index in [1.54, 1.807) is 7.11 Å². The maximum atomic E-state index is 5.36. The maximum absolute atomic E-state index is 5.36. The average molecular weight is 306 g/mol. The fraction of sp³-hybridized carbons (Fsp3) is 0.824. The van der Waals surface area contributed by atoms with E-state index < -0.39 is 0 Å². The number of hydrogen-bond acceptors (Lipinski definition) is 4. The molecule has 4 aliphatic carbocycles. The smallest absolute Gasteiger partial charge is 0.0994 e. The van der Waals surface area contributed by atoms with E-state index in [0.717, 1.165) is 24.3 Å². The predicted molar refractivity (Wildman–Crippen MR) is 85.4 cm³/mol. The fourth-order valence-corrected chi connectivity index (χ4v) is 6.83. The van der Waals surface area contributed by atoms with Crippen LogP contribution in [0.15, 0.2) is 0 Å². The molecule has 0 radical (unpaired) electrons. The lowest BCUT2D eigenvalue weighted by Gasteiger charge is -2.56. The van der Waals surface area contributed by atoms with Crippen molar-refractivity contribution in [2.24, 2.45) is 17.8 Å². The molecule has 1 aromatic rings. The van der Waals surface area contributed by atoms with Crippen LogP contribution in [0.25, 0.3) is 0 Å². The summed E-state index contributed by atoms with van der Waals surface area (Å²) in [7, 11) is 3.79. The molecular formula is C17H26N2OS. The summed E-state index contributed by atoms with van der Waals surface area (Å²) in [5, 5.41) is 4.71. The van der Waals surface area contributed by atoms with Crippen LogP contribution in [0.2, 0.25) is 0 Å². The summed E-state index contributed by atoms with van der Waals surface area (Å²) >= 11 is 1.96. The third-order valence-corrected chi connectivity index (χ3v) is 7.23. The van der Waals surface area contributed by atoms with E-state index in [9.17, 15) is 0 Å². The van der Waals surface area contributed by atoms with Crippen LogP contribution < -0.4 is 5.32 Å². The van der Waals surface area contributed by atoms with E-state index in [0.29, 0.717) is 12.0 Å². The monoisotopic (exact) mass is 306 g/mol. The van der Waals surface area contributed by atoms with Crippen molar-refractivity contribution in [3.63, 3.8) is 0 Å². The molecule has 0 atom stereocenters. The Bertz CT molecular complexity index is 466. The van der Waals surface area contributed by atoms with Gasteiger partial charge in [-0.25, -0.2) is 4.98 Å². The van der Waals surface area contributed by atoms with Gasteiger partial charge in [0.15, 0.2) is 0 Å². The van der Waals surface area contributed by atoms with Gasteiger partial charge in [0.05, 0.1) is 17.3 Å². The highest BCUT2D eigenvalue weighted by atomic mass is 32.1. The molecule has 0 aromatic carbocycles. The highest BCUT2D eigenvalue weighted by Crippen LogP contribution is 2.61. The molecule has 0 amide bonds. The maximum Gasteiger partial charge on any atom is 0.0994 e. The highest BCUT2D eigenvalue weighted by molar-refractivity contribution is 7.11. The summed E-state index contributed by atoms with van der Waals surface area (Å²) in [6, 6.07) is 0. The van der Waals surface area contributed by atoms with Crippen LogP contribution in [-0.4, -0.2) is 19.1 Å². The quantitative estimate of drug-likeness (QED) is 0.904. The molecule has 5 rings (SSSR count). The lowest BCUT2D eigenvalue weighted by Crippen LogP contribution is -2.48. The summed E-state index contributed by atoms with van der Waals surface area (Å²) in [6.45, 7) is 1.57. The van der Waals surface area contributed by atoms with E-state index in [2.05, 4.69) is 5.32 Å². The summed E-state index contributed by atoms with van der Waals surface area (Å²) in [5.74, 6) is 2.95. The van der Waals surface area contributed by atoms with E-state index in [-0.39, 0.29) is 0 Å². The van der Waals surface area contributed by atoms with E-state index in [1.165, 1.54) is 54.1 Å². The van der Waals surface area contributed by atoms with Crippen molar-refractivity contribution in [2.45, 2.75) is 57.1 Å². The minimum atomic E-state index is 0.425. The van der Waals surface area contributed by atoms with Crippen molar-refractivity contribution >= 4 is 11.3 Å². The highest BCUT2D eigenvalue weighted by Gasteiger charge is 2.53. The SMILES string of the molecule is CNCc1sc(C23CC4CC(CC(C4)C2)C3)nc1COC. The first-order chi connectivity index (χ1) is 10.2. The Morgan fingerprint density at radius 1 is 1.19 bits per heavy atom. The molecule has 0 unspecified atom stereocenters. The minimum Gasteiger partial charge on any atom is -0.378 e. The zero-order chi connectivity index (χ0) is 14.4. The predicted octanol–water partition coefficient (Wildman–Crippen LogP) is 3.48. The molecule has 4 saturated carbocycles. The van der Waals surface area contributed by atoms with Crippen molar-refractivity contribution < 1.29 is 4.74 Å². The van der Waals surface area contributed by atoms with Gasteiger partial charge in [-0.2, -0.15) is 0 Å². The number of nitrogens with one attached hydrogen (secondary N) is 1. The summed E-state index contributed by atoms with van der Waals surface area (Å²) in [4.78, 5) is 6.44. The molecule has 1 N–H and O–H groups in total. The van der Waals surface area contributed by atoms with Gasteiger partial charge in [0.1, 0.15) is 0 Å². The van der Waals surface area contributed by atoms with Crippen molar-refractivity contribution in [3.8, 4) is 0 Å². The van der Waals surface area contributed by atoms with E-state index in [1.807, 2.05) is 18.4 Å². The lowest BCUT2D eigenvalue weighted by atomic mass is 9.50. The Morgan fingerprint density at radius 2 is 1.81 bits per heavy atom. The Morgan fingerprint density at radius 3 is 2.33 bits per heavy atom. The third-order valence-electron chi connectivity index (χ3n) is 5.89. The summed E-state index contributed by atoms with van der Waals surface area (Å²) in [5.41, 5.74) is 1.59. The Hall–Kier alpha value is -0.450. The van der Waals surface area contributed by atoms with Gasteiger partial charge < -0.3 is 10.1 Å². The van der Waals surface area contributed by atoms with Crippen LogP contribution in [0, 0.1) is 17.8 Å². The molecule has 1 heterocycles. The molecule has 4 bridgehead atoms. The summed E-state index contributed by atoms with van der Waals surface area (Å²) in [6.07, 6.45) is 8.70. The van der Waals surface area contributed by atoms with Gasteiger partial charge in [0.2, 0.25) is 0 Å². The van der Waals surface area contributed by atoms with Gasteiger partial charge >= 0.3 is 0 Å². The first-order valence-electron chi connectivity index (χ1n) is 8.35.